The number of carbonyl (C=O) groups is 1. The SMILES string of the molecule is O=C(Cc1cccc(F)c1)NCCc1ccc(-n2cccn2)cc1. The van der Waals surface area contributed by atoms with Crippen LogP contribution in [0, 0.1) is 5.82 Å². The average molecular weight is 323 g/mol. The van der Waals surface area contributed by atoms with Gasteiger partial charge in [0.05, 0.1) is 12.1 Å². The Kier molecular flexibility index (Phi) is 5.01. The van der Waals surface area contributed by atoms with Gasteiger partial charge in [0.1, 0.15) is 5.82 Å². The molecule has 0 bridgehead atoms. The van der Waals surface area contributed by atoms with Crippen LogP contribution in [0.4, 0.5) is 4.39 Å². The van der Waals surface area contributed by atoms with Crippen molar-refractivity contribution in [2.24, 2.45) is 0 Å². The number of aromatic nitrogens is 2. The summed E-state index contributed by atoms with van der Waals surface area (Å²) in [6.45, 7) is 0.551. The summed E-state index contributed by atoms with van der Waals surface area (Å²) in [5.41, 5.74) is 2.81. The van der Waals surface area contributed by atoms with Gasteiger partial charge in [-0.05, 0) is 47.9 Å². The van der Waals surface area contributed by atoms with E-state index < -0.39 is 0 Å². The van der Waals surface area contributed by atoms with Gasteiger partial charge in [0.2, 0.25) is 5.91 Å². The van der Waals surface area contributed by atoms with Crippen molar-refractivity contribution in [3.63, 3.8) is 0 Å². The molecule has 0 aliphatic carbocycles. The maximum Gasteiger partial charge on any atom is 0.224 e. The third-order valence-corrected chi connectivity index (χ3v) is 3.69. The van der Waals surface area contributed by atoms with E-state index in [0.717, 1.165) is 17.7 Å². The first-order valence-electron chi connectivity index (χ1n) is 7.81. The molecule has 5 heteroatoms. The minimum absolute atomic E-state index is 0.103. The highest BCUT2D eigenvalue weighted by Gasteiger charge is 2.04. The van der Waals surface area contributed by atoms with E-state index in [2.05, 4.69) is 10.4 Å². The summed E-state index contributed by atoms with van der Waals surface area (Å²) >= 11 is 0. The third-order valence-electron chi connectivity index (χ3n) is 3.69. The lowest BCUT2D eigenvalue weighted by Gasteiger charge is -2.07. The molecule has 0 radical (unpaired) electrons. The molecule has 0 saturated heterocycles. The molecule has 0 unspecified atom stereocenters. The summed E-state index contributed by atoms with van der Waals surface area (Å²) in [6, 6.07) is 16.0. The Hall–Kier alpha value is -2.95. The molecule has 3 aromatic rings. The Morgan fingerprint density at radius 3 is 2.62 bits per heavy atom. The molecule has 1 amide bonds. The van der Waals surface area contributed by atoms with Gasteiger partial charge in [0, 0.05) is 18.9 Å². The zero-order valence-corrected chi connectivity index (χ0v) is 13.2. The molecule has 1 heterocycles. The van der Waals surface area contributed by atoms with E-state index in [9.17, 15) is 9.18 Å². The zero-order valence-electron chi connectivity index (χ0n) is 13.2. The fourth-order valence-corrected chi connectivity index (χ4v) is 2.48. The molecule has 0 atom stereocenters. The predicted octanol–water partition coefficient (Wildman–Crippen LogP) is 2.91. The predicted molar refractivity (Wildman–Crippen MR) is 90.4 cm³/mol. The molecule has 0 aliphatic heterocycles. The largest absolute Gasteiger partial charge is 0.355 e. The molecule has 0 spiro atoms. The maximum absolute atomic E-state index is 13.1. The van der Waals surface area contributed by atoms with Crippen LogP contribution in [0.25, 0.3) is 5.69 Å². The number of hydrogen-bond acceptors (Lipinski definition) is 2. The summed E-state index contributed by atoms with van der Waals surface area (Å²) in [5.74, 6) is -0.425. The number of hydrogen-bond donors (Lipinski definition) is 1. The molecule has 0 saturated carbocycles. The summed E-state index contributed by atoms with van der Waals surface area (Å²) in [6.07, 6.45) is 4.56. The monoisotopic (exact) mass is 323 g/mol. The van der Waals surface area contributed by atoms with E-state index in [-0.39, 0.29) is 18.1 Å². The minimum Gasteiger partial charge on any atom is -0.355 e. The van der Waals surface area contributed by atoms with Gasteiger partial charge in [-0.15, -0.1) is 0 Å². The van der Waals surface area contributed by atoms with Crippen molar-refractivity contribution in [1.29, 1.82) is 0 Å². The molecule has 122 valence electrons. The molecular weight excluding hydrogens is 305 g/mol. The fraction of sp³-hybridized carbons (Fsp3) is 0.158. The summed E-state index contributed by atoms with van der Waals surface area (Å²) in [7, 11) is 0. The highest BCUT2D eigenvalue weighted by atomic mass is 19.1. The van der Waals surface area contributed by atoms with Crippen LogP contribution in [-0.2, 0) is 17.6 Å². The van der Waals surface area contributed by atoms with Crippen molar-refractivity contribution in [3.05, 3.63) is 83.9 Å². The molecule has 3 rings (SSSR count). The molecule has 2 aromatic carbocycles. The Balaban J connectivity index is 1.47. The topological polar surface area (TPSA) is 46.9 Å². The number of nitrogens with zero attached hydrogens (tertiary/aromatic N) is 2. The first-order chi connectivity index (χ1) is 11.7. The van der Waals surface area contributed by atoms with E-state index >= 15 is 0 Å². The Morgan fingerprint density at radius 1 is 1.08 bits per heavy atom. The van der Waals surface area contributed by atoms with Crippen molar-refractivity contribution >= 4 is 5.91 Å². The van der Waals surface area contributed by atoms with Crippen LogP contribution in [0.15, 0.2) is 67.0 Å². The van der Waals surface area contributed by atoms with Crippen LogP contribution in [0.3, 0.4) is 0 Å². The third kappa shape index (κ3) is 4.29. The summed E-state index contributed by atoms with van der Waals surface area (Å²) in [4.78, 5) is 11.9. The molecule has 24 heavy (non-hydrogen) atoms. The lowest BCUT2D eigenvalue weighted by molar-refractivity contribution is -0.120. The van der Waals surface area contributed by atoms with Crippen LogP contribution in [0.2, 0.25) is 0 Å². The molecule has 0 aliphatic rings. The van der Waals surface area contributed by atoms with Crippen LogP contribution in [0.1, 0.15) is 11.1 Å². The van der Waals surface area contributed by atoms with Gasteiger partial charge in [0.25, 0.3) is 0 Å². The van der Waals surface area contributed by atoms with Gasteiger partial charge >= 0.3 is 0 Å². The van der Waals surface area contributed by atoms with E-state index in [4.69, 9.17) is 0 Å². The number of benzene rings is 2. The molecular formula is C19H18FN3O. The lowest BCUT2D eigenvalue weighted by Crippen LogP contribution is -2.27. The second kappa shape index (κ2) is 7.55. The number of halogens is 1. The van der Waals surface area contributed by atoms with E-state index in [1.165, 1.54) is 12.1 Å². The van der Waals surface area contributed by atoms with Crippen LogP contribution in [0.5, 0.6) is 0 Å². The standard InChI is InChI=1S/C19H18FN3O/c20-17-4-1-3-16(13-17)14-19(24)21-11-9-15-5-7-18(8-6-15)23-12-2-10-22-23/h1-8,10,12-13H,9,11,14H2,(H,21,24). The van der Waals surface area contributed by atoms with Crippen molar-refractivity contribution in [1.82, 2.24) is 15.1 Å². The van der Waals surface area contributed by atoms with Crippen LogP contribution < -0.4 is 5.32 Å². The van der Waals surface area contributed by atoms with Crippen molar-refractivity contribution in [3.8, 4) is 5.69 Å². The zero-order chi connectivity index (χ0) is 16.8. The van der Waals surface area contributed by atoms with Crippen molar-refractivity contribution < 1.29 is 9.18 Å². The maximum atomic E-state index is 13.1. The van der Waals surface area contributed by atoms with Crippen molar-refractivity contribution in [2.75, 3.05) is 6.54 Å². The first kappa shape index (κ1) is 15.9. The average Bonchev–Trinajstić information content (AvgIpc) is 3.10. The molecule has 1 N–H and O–H groups in total. The quantitative estimate of drug-likeness (QED) is 0.758. The lowest BCUT2D eigenvalue weighted by atomic mass is 10.1. The highest BCUT2D eigenvalue weighted by Crippen LogP contribution is 2.09. The second-order valence-electron chi connectivity index (χ2n) is 5.52. The summed E-state index contributed by atoms with van der Waals surface area (Å²) < 4.78 is 14.9. The van der Waals surface area contributed by atoms with Gasteiger partial charge in [-0.25, -0.2) is 9.07 Å². The number of nitrogens with one attached hydrogen (secondary N) is 1. The van der Waals surface area contributed by atoms with Gasteiger partial charge < -0.3 is 5.32 Å². The second-order valence-corrected chi connectivity index (χ2v) is 5.52. The van der Waals surface area contributed by atoms with E-state index in [1.54, 1.807) is 23.0 Å². The highest BCUT2D eigenvalue weighted by molar-refractivity contribution is 5.78. The van der Waals surface area contributed by atoms with Crippen LogP contribution in [-0.4, -0.2) is 22.2 Å². The van der Waals surface area contributed by atoms with Gasteiger partial charge in [-0.2, -0.15) is 5.10 Å². The van der Waals surface area contributed by atoms with Gasteiger partial charge in [-0.3, -0.25) is 4.79 Å². The molecule has 1 aromatic heterocycles. The van der Waals surface area contributed by atoms with Crippen LogP contribution >= 0.6 is 0 Å². The van der Waals surface area contributed by atoms with Gasteiger partial charge in [-0.1, -0.05) is 24.3 Å². The normalized spacial score (nSPS) is 10.5. The summed E-state index contributed by atoms with van der Waals surface area (Å²) in [5, 5.41) is 7.04. The first-order valence-corrected chi connectivity index (χ1v) is 7.81. The van der Waals surface area contributed by atoms with Gasteiger partial charge in [0.15, 0.2) is 0 Å². The number of carbonyl (C=O) groups excluding carboxylic acids is 1. The number of rotatable bonds is 6. The molecule has 4 nitrogen and oxygen atoms in total. The molecule has 0 fully saturated rings. The Bertz CT molecular complexity index is 798. The van der Waals surface area contributed by atoms with Crippen molar-refractivity contribution in [2.45, 2.75) is 12.8 Å². The minimum atomic E-state index is -0.322. The smallest absolute Gasteiger partial charge is 0.224 e. The Labute approximate surface area is 139 Å². The fourth-order valence-electron chi connectivity index (χ4n) is 2.48. The van der Waals surface area contributed by atoms with E-state index in [0.29, 0.717) is 12.1 Å². The number of amides is 1. The Morgan fingerprint density at radius 2 is 1.92 bits per heavy atom. The van der Waals surface area contributed by atoms with E-state index in [1.807, 2.05) is 36.5 Å².